The minimum absolute atomic E-state index is 0.958. The van der Waals surface area contributed by atoms with E-state index < -0.39 is 0 Å². The molecule has 0 heteroatoms. The molecule has 22 heavy (non-hydrogen) atoms. The van der Waals surface area contributed by atoms with Crippen LogP contribution in [0.15, 0.2) is 25.3 Å². The molecular formula is C22H38. The zero-order valence-corrected chi connectivity index (χ0v) is 14.8. The van der Waals surface area contributed by atoms with Gasteiger partial charge in [0.15, 0.2) is 0 Å². The first-order valence-corrected chi connectivity index (χ1v) is 10.0. The predicted molar refractivity (Wildman–Crippen MR) is 99.0 cm³/mol. The van der Waals surface area contributed by atoms with Crippen molar-refractivity contribution in [1.82, 2.24) is 0 Å². The Balaban J connectivity index is 1.48. The van der Waals surface area contributed by atoms with Gasteiger partial charge in [-0.25, -0.2) is 0 Å². The lowest BCUT2D eigenvalue weighted by Crippen LogP contribution is -2.15. The summed E-state index contributed by atoms with van der Waals surface area (Å²) in [6.45, 7) is 7.78. The summed E-state index contributed by atoms with van der Waals surface area (Å²) in [5.74, 6) is 4.01. The molecule has 0 spiro atoms. The van der Waals surface area contributed by atoms with E-state index in [9.17, 15) is 0 Å². The lowest BCUT2D eigenvalue weighted by molar-refractivity contribution is 0.243. The van der Waals surface area contributed by atoms with Gasteiger partial charge in [0.25, 0.3) is 0 Å². The Morgan fingerprint density at radius 3 is 1.18 bits per heavy atom. The first kappa shape index (κ1) is 17.8. The monoisotopic (exact) mass is 302 g/mol. The first-order chi connectivity index (χ1) is 10.8. The lowest BCUT2D eigenvalue weighted by Gasteiger charge is -2.29. The zero-order valence-electron chi connectivity index (χ0n) is 14.8. The molecule has 0 aromatic heterocycles. The molecule has 2 fully saturated rings. The second-order valence-electron chi connectivity index (χ2n) is 8.11. The summed E-state index contributed by atoms with van der Waals surface area (Å²) in [5, 5.41) is 0. The van der Waals surface area contributed by atoms with Crippen LogP contribution >= 0.6 is 0 Å². The van der Waals surface area contributed by atoms with Crippen molar-refractivity contribution >= 4 is 0 Å². The van der Waals surface area contributed by atoms with Gasteiger partial charge in [-0.3, -0.25) is 0 Å². The highest BCUT2D eigenvalue weighted by molar-refractivity contribution is 4.80. The van der Waals surface area contributed by atoms with Gasteiger partial charge in [-0.15, -0.1) is 13.2 Å². The van der Waals surface area contributed by atoms with Gasteiger partial charge in [0, 0.05) is 0 Å². The smallest absolute Gasteiger partial charge is 0.0325 e. The molecule has 0 N–H and O–H groups in total. The summed E-state index contributed by atoms with van der Waals surface area (Å²) in [5.41, 5.74) is 0. The molecular weight excluding hydrogens is 264 g/mol. The van der Waals surface area contributed by atoms with Gasteiger partial charge in [0.2, 0.25) is 0 Å². The van der Waals surface area contributed by atoms with Crippen molar-refractivity contribution in [1.29, 1.82) is 0 Å². The van der Waals surface area contributed by atoms with E-state index in [1.807, 2.05) is 0 Å². The molecule has 0 nitrogen and oxygen atoms in total. The van der Waals surface area contributed by atoms with Gasteiger partial charge >= 0.3 is 0 Å². The summed E-state index contributed by atoms with van der Waals surface area (Å²) in [4.78, 5) is 0. The third-order valence-electron chi connectivity index (χ3n) is 6.41. The van der Waals surface area contributed by atoms with Crippen molar-refractivity contribution in [3.05, 3.63) is 25.3 Å². The minimum atomic E-state index is 0.958. The SMILES string of the molecule is C=CCC1CCC(CCCCC2CCC(CC=C)CC2)CC1. The van der Waals surface area contributed by atoms with E-state index in [4.69, 9.17) is 0 Å². The predicted octanol–water partition coefficient (Wildman–Crippen LogP) is 7.31. The molecule has 2 saturated carbocycles. The Kier molecular flexibility index (Phi) is 8.34. The molecule has 0 aliphatic heterocycles. The first-order valence-electron chi connectivity index (χ1n) is 10.0. The Morgan fingerprint density at radius 2 is 0.864 bits per heavy atom. The van der Waals surface area contributed by atoms with E-state index in [0.29, 0.717) is 0 Å². The van der Waals surface area contributed by atoms with Crippen LogP contribution in [0.3, 0.4) is 0 Å². The molecule has 0 aromatic carbocycles. The molecule has 0 atom stereocenters. The van der Waals surface area contributed by atoms with Crippen LogP contribution < -0.4 is 0 Å². The van der Waals surface area contributed by atoms with Crippen LogP contribution in [-0.4, -0.2) is 0 Å². The molecule has 0 unspecified atom stereocenters. The second-order valence-corrected chi connectivity index (χ2v) is 8.11. The van der Waals surface area contributed by atoms with E-state index in [1.54, 1.807) is 0 Å². The summed E-state index contributed by atoms with van der Waals surface area (Å²) in [7, 11) is 0. The van der Waals surface area contributed by atoms with Crippen molar-refractivity contribution in [2.75, 3.05) is 0 Å². The van der Waals surface area contributed by atoms with Gasteiger partial charge in [-0.2, -0.15) is 0 Å². The number of rotatable bonds is 9. The standard InChI is InChI=1S/C22H38/c1-3-7-19-11-15-21(16-12-19)9-5-6-10-22-17-13-20(8-4-2)14-18-22/h3-4,19-22H,1-2,5-18H2. The van der Waals surface area contributed by atoms with Gasteiger partial charge in [-0.1, -0.05) is 63.5 Å². The fraction of sp³-hybridized carbons (Fsp3) is 0.818. The molecule has 2 aliphatic carbocycles. The normalized spacial score (nSPS) is 32.5. The van der Waals surface area contributed by atoms with Gasteiger partial charge in [0.05, 0.1) is 0 Å². The van der Waals surface area contributed by atoms with E-state index in [0.717, 1.165) is 23.7 Å². The molecule has 0 saturated heterocycles. The summed E-state index contributed by atoms with van der Waals surface area (Å²) >= 11 is 0. The van der Waals surface area contributed by atoms with Crippen LogP contribution in [0, 0.1) is 23.7 Å². The van der Waals surface area contributed by atoms with Crippen LogP contribution in [-0.2, 0) is 0 Å². The Morgan fingerprint density at radius 1 is 0.545 bits per heavy atom. The second kappa shape index (κ2) is 10.3. The largest absolute Gasteiger partial charge is 0.103 e. The van der Waals surface area contributed by atoms with Crippen LogP contribution in [0.2, 0.25) is 0 Å². The maximum absolute atomic E-state index is 3.89. The molecule has 126 valence electrons. The van der Waals surface area contributed by atoms with Crippen LogP contribution in [0.4, 0.5) is 0 Å². The highest BCUT2D eigenvalue weighted by atomic mass is 14.3. The van der Waals surface area contributed by atoms with E-state index >= 15 is 0 Å². The minimum Gasteiger partial charge on any atom is -0.103 e. The van der Waals surface area contributed by atoms with E-state index in [1.165, 1.54) is 89.9 Å². The summed E-state index contributed by atoms with van der Waals surface area (Å²) in [6, 6.07) is 0. The fourth-order valence-corrected chi connectivity index (χ4v) is 4.85. The molecule has 0 bridgehead atoms. The number of allylic oxidation sites excluding steroid dienone is 2. The lowest BCUT2D eigenvalue weighted by atomic mass is 9.77. The molecule has 0 aromatic rings. The number of hydrogen-bond acceptors (Lipinski definition) is 0. The maximum atomic E-state index is 3.89. The van der Waals surface area contributed by atoms with Crippen molar-refractivity contribution in [3.63, 3.8) is 0 Å². The van der Waals surface area contributed by atoms with Crippen molar-refractivity contribution < 1.29 is 0 Å². The van der Waals surface area contributed by atoms with Gasteiger partial charge < -0.3 is 0 Å². The van der Waals surface area contributed by atoms with E-state index in [2.05, 4.69) is 25.3 Å². The van der Waals surface area contributed by atoms with Crippen molar-refractivity contribution in [3.8, 4) is 0 Å². The molecule has 2 aliphatic rings. The summed E-state index contributed by atoms with van der Waals surface area (Å²) in [6.07, 6.45) is 24.5. The third kappa shape index (κ3) is 6.31. The fourth-order valence-electron chi connectivity index (χ4n) is 4.85. The van der Waals surface area contributed by atoms with E-state index in [-0.39, 0.29) is 0 Å². The van der Waals surface area contributed by atoms with Gasteiger partial charge in [0.1, 0.15) is 0 Å². The molecule has 0 radical (unpaired) electrons. The Labute approximate surface area is 139 Å². The van der Waals surface area contributed by atoms with Crippen LogP contribution in [0.5, 0.6) is 0 Å². The summed E-state index contributed by atoms with van der Waals surface area (Å²) < 4.78 is 0. The Hall–Kier alpha value is -0.520. The zero-order chi connectivity index (χ0) is 15.6. The third-order valence-corrected chi connectivity index (χ3v) is 6.41. The number of hydrogen-bond donors (Lipinski definition) is 0. The quantitative estimate of drug-likeness (QED) is 0.309. The van der Waals surface area contributed by atoms with Crippen LogP contribution in [0.1, 0.15) is 89.9 Å². The van der Waals surface area contributed by atoms with Gasteiger partial charge in [-0.05, 0) is 62.2 Å². The Bertz CT molecular complexity index is 268. The molecule has 0 amide bonds. The highest BCUT2D eigenvalue weighted by Gasteiger charge is 2.21. The number of unbranched alkanes of at least 4 members (excludes halogenated alkanes) is 1. The topological polar surface area (TPSA) is 0 Å². The van der Waals surface area contributed by atoms with Crippen molar-refractivity contribution in [2.24, 2.45) is 23.7 Å². The average Bonchev–Trinajstić information content (AvgIpc) is 2.55. The highest BCUT2D eigenvalue weighted by Crippen LogP contribution is 2.36. The maximum Gasteiger partial charge on any atom is -0.0325 e. The van der Waals surface area contributed by atoms with Crippen molar-refractivity contribution in [2.45, 2.75) is 89.9 Å². The molecule has 2 rings (SSSR count). The average molecular weight is 303 g/mol. The van der Waals surface area contributed by atoms with Crippen LogP contribution in [0.25, 0.3) is 0 Å². The molecule has 0 heterocycles.